The highest BCUT2D eigenvalue weighted by atomic mass is 35.5. The average molecular weight is 479 g/mol. The predicted octanol–water partition coefficient (Wildman–Crippen LogP) is 4.19. The Morgan fingerprint density at radius 2 is 2.03 bits per heavy atom. The van der Waals surface area contributed by atoms with Gasteiger partial charge in [-0.25, -0.2) is 13.4 Å². The Morgan fingerprint density at radius 3 is 2.70 bits per heavy atom. The third-order valence-electron chi connectivity index (χ3n) is 4.66. The molecule has 3 aromatic rings. The number of thiazole rings is 1. The lowest BCUT2D eigenvalue weighted by atomic mass is 10.1. The van der Waals surface area contributed by atoms with Crippen LogP contribution in [0.3, 0.4) is 0 Å². The van der Waals surface area contributed by atoms with E-state index in [0.717, 1.165) is 16.9 Å². The minimum Gasteiger partial charge on any atom is -0.301 e. The zero-order chi connectivity index (χ0) is 21.3. The van der Waals surface area contributed by atoms with Gasteiger partial charge in [-0.1, -0.05) is 23.7 Å². The van der Waals surface area contributed by atoms with E-state index >= 15 is 0 Å². The molecule has 1 unspecified atom stereocenters. The molecule has 11 heteroatoms. The van der Waals surface area contributed by atoms with Crippen molar-refractivity contribution < 1.29 is 13.2 Å². The molecule has 0 radical (unpaired) electrons. The first-order chi connectivity index (χ1) is 14.4. The van der Waals surface area contributed by atoms with E-state index in [1.54, 1.807) is 29.6 Å². The van der Waals surface area contributed by atoms with Gasteiger partial charge >= 0.3 is 0 Å². The summed E-state index contributed by atoms with van der Waals surface area (Å²) in [6.07, 6.45) is 1.04. The van der Waals surface area contributed by atoms with Gasteiger partial charge in [-0.2, -0.15) is 9.57 Å². The fourth-order valence-electron chi connectivity index (χ4n) is 3.21. The Labute approximate surface area is 186 Å². The van der Waals surface area contributed by atoms with Gasteiger partial charge in [0.15, 0.2) is 5.13 Å². The molecule has 30 heavy (non-hydrogen) atoms. The Balaban J connectivity index is 1.49. The molecule has 0 spiro atoms. The van der Waals surface area contributed by atoms with E-state index in [1.807, 2.05) is 0 Å². The minimum atomic E-state index is -3.79. The number of hydrogen-bond acceptors (Lipinski definition) is 7. The number of amides is 1. The van der Waals surface area contributed by atoms with Crippen LogP contribution in [0.1, 0.15) is 18.4 Å². The maximum Gasteiger partial charge on any atom is 0.253 e. The summed E-state index contributed by atoms with van der Waals surface area (Å²) in [5.74, 6) is -0.403. The van der Waals surface area contributed by atoms with E-state index in [4.69, 9.17) is 16.9 Å². The summed E-state index contributed by atoms with van der Waals surface area (Å²) in [7, 11) is -3.79. The highest BCUT2D eigenvalue weighted by Gasteiger charge is 2.40. The second-order valence-corrected chi connectivity index (χ2v) is 11.2. The molecule has 7 nitrogen and oxygen atoms in total. The number of sulfonamides is 1. The third-order valence-corrected chi connectivity index (χ3v) is 9.03. The highest BCUT2D eigenvalue weighted by molar-refractivity contribution is 7.91. The van der Waals surface area contributed by atoms with Crippen LogP contribution in [0.25, 0.3) is 11.3 Å². The van der Waals surface area contributed by atoms with Crippen LogP contribution in [0.15, 0.2) is 46.0 Å². The van der Waals surface area contributed by atoms with Gasteiger partial charge < -0.3 is 5.32 Å². The first-order valence-electron chi connectivity index (χ1n) is 8.92. The van der Waals surface area contributed by atoms with E-state index < -0.39 is 22.0 Å². The topological polar surface area (TPSA) is 103 Å². The lowest BCUT2D eigenvalue weighted by Gasteiger charge is -2.22. The predicted molar refractivity (Wildman–Crippen MR) is 117 cm³/mol. The van der Waals surface area contributed by atoms with Crippen molar-refractivity contribution in [1.29, 1.82) is 5.26 Å². The lowest BCUT2D eigenvalue weighted by molar-refractivity contribution is -0.119. The van der Waals surface area contributed by atoms with Crippen molar-refractivity contribution in [3.8, 4) is 17.3 Å². The lowest BCUT2D eigenvalue weighted by Crippen LogP contribution is -2.42. The molecular formula is C19H15ClN4O3S3. The van der Waals surface area contributed by atoms with Gasteiger partial charge in [-0.15, -0.1) is 22.7 Å². The minimum absolute atomic E-state index is 0.129. The van der Waals surface area contributed by atoms with Crippen LogP contribution in [-0.2, 0) is 14.8 Å². The standard InChI is InChI=1S/C19H15ClN4O3S3/c20-16-7-8-17(29-16)30(26,27)24-9-1-2-15(24)18(25)23-19-22-14(11-28-19)13-5-3-12(10-21)4-6-13/h3-8,11,15H,1-2,9H2,(H,22,23,25). The molecule has 154 valence electrons. The molecule has 2 aromatic heterocycles. The third kappa shape index (κ3) is 4.12. The quantitative estimate of drug-likeness (QED) is 0.592. The first-order valence-corrected chi connectivity index (χ1v) is 12.4. The Kier molecular flexibility index (Phi) is 5.90. The molecule has 1 saturated heterocycles. The van der Waals surface area contributed by atoms with Crippen LogP contribution in [0, 0.1) is 11.3 Å². The van der Waals surface area contributed by atoms with E-state index in [0.29, 0.717) is 33.6 Å². The summed E-state index contributed by atoms with van der Waals surface area (Å²) in [4.78, 5) is 17.2. The monoisotopic (exact) mass is 478 g/mol. The average Bonchev–Trinajstić information content (AvgIpc) is 3.48. The maximum atomic E-state index is 12.9. The van der Waals surface area contributed by atoms with Crippen LogP contribution in [0.2, 0.25) is 4.34 Å². The summed E-state index contributed by atoms with van der Waals surface area (Å²) in [6.45, 7) is 0.282. The van der Waals surface area contributed by atoms with Crippen molar-refractivity contribution in [3.05, 3.63) is 51.7 Å². The molecule has 4 rings (SSSR count). The van der Waals surface area contributed by atoms with Crippen LogP contribution in [0.5, 0.6) is 0 Å². The van der Waals surface area contributed by atoms with Crippen LogP contribution in [0.4, 0.5) is 5.13 Å². The van der Waals surface area contributed by atoms with E-state index in [9.17, 15) is 13.2 Å². The molecule has 3 heterocycles. The Hall–Kier alpha value is -2.29. The fourth-order valence-corrected chi connectivity index (χ4v) is 7.20. The van der Waals surface area contributed by atoms with Gasteiger partial charge in [0.05, 0.1) is 21.7 Å². The number of thiophene rings is 1. The van der Waals surface area contributed by atoms with Gasteiger partial charge in [-0.05, 0) is 37.1 Å². The highest BCUT2D eigenvalue weighted by Crippen LogP contribution is 2.33. The smallest absolute Gasteiger partial charge is 0.253 e. The zero-order valence-corrected chi connectivity index (χ0v) is 18.6. The van der Waals surface area contributed by atoms with E-state index in [1.165, 1.54) is 27.8 Å². The van der Waals surface area contributed by atoms with Gasteiger partial charge in [-0.3, -0.25) is 4.79 Å². The number of halogens is 1. The fraction of sp³-hybridized carbons (Fsp3) is 0.211. The van der Waals surface area contributed by atoms with E-state index in [-0.39, 0.29) is 10.8 Å². The number of rotatable bonds is 5. The SMILES string of the molecule is N#Cc1ccc(-c2csc(NC(=O)C3CCCN3S(=O)(=O)c3ccc(Cl)s3)n2)cc1. The molecule has 1 aliphatic rings. The normalized spacial score (nSPS) is 17.0. The molecular weight excluding hydrogens is 464 g/mol. The van der Waals surface area contributed by atoms with Crippen molar-refractivity contribution in [2.45, 2.75) is 23.1 Å². The van der Waals surface area contributed by atoms with Crippen LogP contribution < -0.4 is 5.32 Å². The number of anilines is 1. The maximum absolute atomic E-state index is 12.9. The number of carbonyl (C=O) groups is 1. The van der Waals surface area contributed by atoms with Crippen molar-refractivity contribution in [3.63, 3.8) is 0 Å². The second-order valence-electron chi connectivity index (χ2n) is 6.55. The number of nitriles is 1. The number of nitrogens with zero attached hydrogens (tertiary/aromatic N) is 3. The molecule has 0 bridgehead atoms. The molecule has 1 N–H and O–H groups in total. The number of carbonyl (C=O) groups excluding carboxylic acids is 1. The number of aromatic nitrogens is 1. The largest absolute Gasteiger partial charge is 0.301 e. The molecule has 1 aliphatic heterocycles. The van der Waals surface area contributed by atoms with E-state index in [2.05, 4.69) is 16.4 Å². The molecule has 1 fully saturated rings. The van der Waals surface area contributed by atoms with Crippen molar-refractivity contribution in [2.24, 2.45) is 0 Å². The summed E-state index contributed by atoms with van der Waals surface area (Å²) < 4.78 is 27.6. The molecule has 1 aromatic carbocycles. The number of nitrogens with one attached hydrogen (secondary N) is 1. The summed E-state index contributed by atoms with van der Waals surface area (Å²) >= 11 is 8.12. The second kappa shape index (κ2) is 8.45. The number of benzene rings is 1. The van der Waals surface area contributed by atoms with Crippen molar-refractivity contribution in [2.75, 3.05) is 11.9 Å². The van der Waals surface area contributed by atoms with Crippen LogP contribution in [-0.4, -0.2) is 36.2 Å². The van der Waals surface area contributed by atoms with Gasteiger partial charge in [0.2, 0.25) is 5.91 Å². The Morgan fingerprint density at radius 1 is 1.27 bits per heavy atom. The van der Waals surface area contributed by atoms with Crippen molar-refractivity contribution in [1.82, 2.24) is 9.29 Å². The number of hydrogen-bond donors (Lipinski definition) is 1. The van der Waals surface area contributed by atoms with Gasteiger partial charge in [0, 0.05) is 17.5 Å². The van der Waals surface area contributed by atoms with Gasteiger partial charge in [0.25, 0.3) is 10.0 Å². The van der Waals surface area contributed by atoms with Crippen LogP contribution >= 0.6 is 34.3 Å². The molecule has 0 aliphatic carbocycles. The zero-order valence-electron chi connectivity index (χ0n) is 15.4. The molecule has 1 atom stereocenters. The Bertz CT molecular complexity index is 1230. The van der Waals surface area contributed by atoms with Crippen molar-refractivity contribution >= 4 is 55.3 Å². The van der Waals surface area contributed by atoms with Gasteiger partial charge in [0.1, 0.15) is 10.3 Å². The summed E-state index contributed by atoms with van der Waals surface area (Å²) in [5.41, 5.74) is 2.05. The molecule has 1 amide bonds. The summed E-state index contributed by atoms with van der Waals surface area (Å²) in [6, 6.07) is 11.2. The summed E-state index contributed by atoms with van der Waals surface area (Å²) in [5, 5.41) is 13.8. The first kappa shape index (κ1) is 21.0. The molecule has 0 saturated carbocycles.